The molecule has 3 aromatic heterocycles. The molecule has 3 aromatic carbocycles. The van der Waals surface area contributed by atoms with Gasteiger partial charge in [-0.2, -0.15) is 10.2 Å². The third-order valence-electron chi connectivity index (χ3n) is 6.42. The van der Waals surface area contributed by atoms with Crippen LogP contribution in [0.4, 0.5) is 5.69 Å². The van der Waals surface area contributed by atoms with Gasteiger partial charge in [-0.3, -0.25) is 4.79 Å². The first-order chi connectivity index (χ1) is 18.1. The van der Waals surface area contributed by atoms with Crippen LogP contribution in [-0.2, 0) is 0 Å². The van der Waals surface area contributed by atoms with Crippen molar-refractivity contribution in [3.63, 3.8) is 0 Å². The Bertz CT molecular complexity index is 1720. The molecule has 0 aliphatic heterocycles. The van der Waals surface area contributed by atoms with Gasteiger partial charge in [0.2, 0.25) is 0 Å². The molecule has 0 fully saturated rings. The van der Waals surface area contributed by atoms with Crippen molar-refractivity contribution in [2.24, 2.45) is 0 Å². The minimum Gasteiger partial charge on any atom is -0.321 e. The topological polar surface area (TPSA) is 77.1 Å². The Labute approximate surface area is 214 Å². The molecule has 180 valence electrons. The monoisotopic (exact) mass is 484 g/mol. The Morgan fingerprint density at radius 1 is 0.784 bits per heavy atom. The van der Waals surface area contributed by atoms with E-state index in [4.69, 9.17) is 10.2 Å². The molecule has 0 bridgehead atoms. The van der Waals surface area contributed by atoms with E-state index in [0.29, 0.717) is 16.9 Å². The van der Waals surface area contributed by atoms with Crippen LogP contribution in [0.1, 0.15) is 21.7 Å². The summed E-state index contributed by atoms with van der Waals surface area (Å²) in [6.07, 6.45) is 1.76. The minimum atomic E-state index is -0.295. The summed E-state index contributed by atoms with van der Waals surface area (Å²) in [5.74, 6) is -0.295. The summed E-state index contributed by atoms with van der Waals surface area (Å²) in [7, 11) is 0. The van der Waals surface area contributed by atoms with Gasteiger partial charge in [0, 0.05) is 23.0 Å². The van der Waals surface area contributed by atoms with Gasteiger partial charge in [-0.05, 0) is 44.2 Å². The molecular formula is C30H24N6O. The number of aromatic nitrogens is 5. The largest absolute Gasteiger partial charge is 0.321 e. The third kappa shape index (κ3) is 3.96. The normalized spacial score (nSPS) is 11.1. The van der Waals surface area contributed by atoms with Crippen LogP contribution in [0.25, 0.3) is 33.8 Å². The lowest BCUT2D eigenvalue weighted by atomic mass is 10.1. The highest BCUT2D eigenvalue weighted by Gasteiger charge is 2.26. The molecule has 0 saturated heterocycles. The molecule has 3 heterocycles. The van der Waals surface area contributed by atoms with Gasteiger partial charge >= 0.3 is 0 Å². The second-order valence-corrected chi connectivity index (χ2v) is 8.78. The van der Waals surface area contributed by atoms with Gasteiger partial charge in [-0.1, -0.05) is 66.7 Å². The molecule has 1 N–H and O–H groups in total. The summed E-state index contributed by atoms with van der Waals surface area (Å²) in [6, 6.07) is 31.1. The van der Waals surface area contributed by atoms with Crippen LogP contribution in [0.3, 0.4) is 0 Å². The van der Waals surface area contributed by atoms with Crippen LogP contribution < -0.4 is 5.32 Å². The summed E-state index contributed by atoms with van der Waals surface area (Å²) in [4.78, 5) is 18.2. The van der Waals surface area contributed by atoms with Crippen LogP contribution in [0, 0.1) is 13.8 Å². The van der Waals surface area contributed by atoms with Crippen molar-refractivity contribution in [3.8, 4) is 28.2 Å². The van der Waals surface area contributed by atoms with E-state index in [0.717, 1.165) is 39.5 Å². The fraction of sp³-hybridized carbons (Fsp3) is 0.0667. The number of carbonyl (C=O) groups excluding carboxylic acids is 1. The SMILES string of the molecule is Cc1c(-c2ccccc2)nn2c(-c3c(C(=O)Nc4ccccc4)nn(-c4ccccc4)c3C)ccnc12. The lowest BCUT2D eigenvalue weighted by Gasteiger charge is -2.08. The second kappa shape index (κ2) is 9.20. The fourth-order valence-corrected chi connectivity index (χ4v) is 4.62. The number of nitrogens with zero attached hydrogens (tertiary/aromatic N) is 5. The minimum absolute atomic E-state index is 0.295. The van der Waals surface area contributed by atoms with E-state index in [1.54, 1.807) is 10.9 Å². The average molecular weight is 485 g/mol. The molecule has 6 rings (SSSR count). The number of hydrogen-bond acceptors (Lipinski definition) is 4. The summed E-state index contributed by atoms with van der Waals surface area (Å²) < 4.78 is 3.62. The van der Waals surface area contributed by atoms with Crippen molar-refractivity contribution in [2.75, 3.05) is 5.32 Å². The number of nitrogens with one attached hydrogen (secondary N) is 1. The average Bonchev–Trinajstić information content (AvgIpc) is 3.47. The number of amides is 1. The number of hydrogen-bond donors (Lipinski definition) is 1. The fourth-order valence-electron chi connectivity index (χ4n) is 4.62. The van der Waals surface area contributed by atoms with E-state index in [1.165, 1.54) is 0 Å². The number of benzene rings is 3. The first-order valence-corrected chi connectivity index (χ1v) is 12.0. The highest BCUT2D eigenvalue weighted by molar-refractivity contribution is 6.07. The predicted molar refractivity (Wildman–Crippen MR) is 145 cm³/mol. The van der Waals surface area contributed by atoms with Crippen molar-refractivity contribution in [1.82, 2.24) is 24.4 Å². The van der Waals surface area contributed by atoms with E-state index in [2.05, 4.69) is 10.3 Å². The molecule has 0 unspecified atom stereocenters. The van der Waals surface area contributed by atoms with Crippen LogP contribution in [0.2, 0.25) is 0 Å². The van der Waals surface area contributed by atoms with Crippen LogP contribution in [-0.4, -0.2) is 30.3 Å². The van der Waals surface area contributed by atoms with Crippen LogP contribution in [0.5, 0.6) is 0 Å². The molecule has 0 aliphatic carbocycles. The second-order valence-electron chi connectivity index (χ2n) is 8.78. The molecule has 6 aromatic rings. The zero-order valence-corrected chi connectivity index (χ0v) is 20.5. The van der Waals surface area contributed by atoms with Gasteiger partial charge in [0.25, 0.3) is 5.91 Å². The standard InChI is InChI=1S/C30H24N6O/c1-20-27(22-12-6-3-7-13-22)33-36-25(18-19-31-29(20)36)26-21(2)35(24-16-10-5-11-17-24)34-28(26)30(37)32-23-14-8-4-9-15-23/h3-19H,1-2H3,(H,32,37). The predicted octanol–water partition coefficient (Wildman–Crippen LogP) is 6.12. The maximum absolute atomic E-state index is 13.6. The highest BCUT2D eigenvalue weighted by Crippen LogP contribution is 2.32. The Morgan fingerprint density at radius 3 is 2.14 bits per heavy atom. The van der Waals surface area contributed by atoms with Gasteiger partial charge in [-0.15, -0.1) is 0 Å². The number of rotatable bonds is 5. The van der Waals surface area contributed by atoms with Crippen molar-refractivity contribution in [2.45, 2.75) is 13.8 Å². The third-order valence-corrected chi connectivity index (χ3v) is 6.42. The van der Waals surface area contributed by atoms with Crippen LogP contribution in [0.15, 0.2) is 103 Å². The smallest absolute Gasteiger partial charge is 0.276 e. The lowest BCUT2D eigenvalue weighted by Crippen LogP contribution is -2.14. The van der Waals surface area contributed by atoms with E-state index < -0.39 is 0 Å². The first kappa shape index (κ1) is 22.4. The molecule has 7 nitrogen and oxygen atoms in total. The van der Waals surface area contributed by atoms with E-state index in [9.17, 15) is 4.79 Å². The van der Waals surface area contributed by atoms with Crippen LogP contribution >= 0.6 is 0 Å². The molecule has 0 aliphatic rings. The quantitative estimate of drug-likeness (QED) is 0.320. The number of para-hydroxylation sites is 2. The molecule has 1 amide bonds. The summed E-state index contributed by atoms with van der Waals surface area (Å²) in [5.41, 5.74) is 7.71. The molecule has 0 atom stereocenters. The molecule has 0 saturated carbocycles. The van der Waals surface area contributed by atoms with Crippen molar-refractivity contribution >= 4 is 17.2 Å². The summed E-state index contributed by atoms with van der Waals surface area (Å²) >= 11 is 0. The highest BCUT2D eigenvalue weighted by atomic mass is 16.2. The lowest BCUT2D eigenvalue weighted by molar-refractivity contribution is 0.102. The maximum atomic E-state index is 13.6. The zero-order valence-electron chi connectivity index (χ0n) is 20.5. The maximum Gasteiger partial charge on any atom is 0.276 e. The molecule has 7 heteroatoms. The zero-order chi connectivity index (χ0) is 25.4. The molecule has 0 radical (unpaired) electrons. The Hall–Kier alpha value is -5.04. The van der Waals surface area contributed by atoms with Gasteiger partial charge in [0.05, 0.1) is 28.3 Å². The van der Waals surface area contributed by atoms with Crippen molar-refractivity contribution in [1.29, 1.82) is 0 Å². The number of fused-ring (bicyclic) bond motifs is 1. The van der Waals surface area contributed by atoms with Gasteiger partial charge in [0.15, 0.2) is 11.3 Å². The van der Waals surface area contributed by atoms with Gasteiger partial charge in [-0.25, -0.2) is 14.2 Å². The summed E-state index contributed by atoms with van der Waals surface area (Å²) in [5, 5.41) is 12.7. The Kier molecular flexibility index (Phi) is 5.58. The molecule has 0 spiro atoms. The number of carbonyl (C=O) groups is 1. The summed E-state index contributed by atoms with van der Waals surface area (Å²) in [6.45, 7) is 3.99. The van der Waals surface area contributed by atoms with Gasteiger partial charge < -0.3 is 5.32 Å². The van der Waals surface area contributed by atoms with E-state index in [1.807, 2.05) is 115 Å². The number of anilines is 1. The first-order valence-electron chi connectivity index (χ1n) is 12.0. The van der Waals surface area contributed by atoms with Crippen molar-refractivity contribution in [3.05, 3.63) is 120 Å². The Morgan fingerprint density at radius 2 is 1.43 bits per heavy atom. The number of aryl methyl sites for hydroxylation is 1. The van der Waals surface area contributed by atoms with Crippen molar-refractivity contribution < 1.29 is 4.79 Å². The molecular weight excluding hydrogens is 460 g/mol. The Balaban J connectivity index is 1.57. The van der Waals surface area contributed by atoms with Gasteiger partial charge in [0.1, 0.15) is 0 Å². The van der Waals surface area contributed by atoms with E-state index >= 15 is 0 Å². The molecule has 37 heavy (non-hydrogen) atoms. The van der Waals surface area contributed by atoms with E-state index in [-0.39, 0.29) is 5.91 Å².